The Morgan fingerprint density at radius 3 is 1.52 bits per heavy atom. The molecule has 0 amide bonds. The fourth-order valence-electron chi connectivity index (χ4n) is 5.78. The topological polar surface area (TPSA) is 94.1 Å². The minimum atomic E-state index is -4.51. The van der Waals surface area contributed by atoms with Crippen molar-refractivity contribution in [1.82, 2.24) is 0 Å². The number of quaternary nitrogens is 1. The maximum absolute atomic E-state index is 12.6. The van der Waals surface area contributed by atoms with Crippen LogP contribution in [-0.4, -0.2) is 70.7 Å². The van der Waals surface area contributed by atoms with Crippen LogP contribution < -0.4 is 4.89 Å². The second kappa shape index (κ2) is 35.3. The number of hydrogen-bond donors (Lipinski definition) is 0. The van der Waals surface area contributed by atoms with E-state index in [1.807, 2.05) is 21.1 Å². The molecule has 2 unspecified atom stereocenters. The van der Waals surface area contributed by atoms with Gasteiger partial charge in [-0.15, -0.1) is 0 Å². The van der Waals surface area contributed by atoms with Crippen molar-refractivity contribution >= 4 is 13.8 Å². The molecule has 0 radical (unpaired) electrons. The van der Waals surface area contributed by atoms with Gasteiger partial charge in [0.25, 0.3) is 7.82 Å². The van der Waals surface area contributed by atoms with Gasteiger partial charge < -0.3 is 27.9 Å². The van der Waals surface area contributed by atoms with Crippen molar-refractivity contribution in [1.29, 1.82) is 0 Å². The summed E-state index contributed by atoms with van der Waals surface area (Å²) in [6, 6.07) is 0. The van der Waals surface area contributed by atoms with Gasteiger partial charge in [-0.25, -0.2) is 0 Å². The molecule has 0 rings (SSSR count). The van der Waals surface area contributed by atoms with Gasteiger partial charge in [-0.05, 0) is 38.5 Å². The third-order valence-corrected chi connectivity index (χ3v) is 10.0. The summed E-state index contributed by atoms with van der Waals surface area (Å²) in [5.74, 6) is -0.337. The molecule has 0 aromatic carbocycles. The van der Waals surface area contributed by atoms with Gasteiger partial charge in [-0.1, -0.05) is 154 Å². The maximum atomic E-state index is 12.6. The zero-order valence-electron chi connectivity index (χ0n) is 33.6. The maximum Gasteiger partial charge on any atom is 0.306 e. The first-order chi connectivity index (χ1) is 24.1. The van der Waals surface area contributed by atoms with Crippen molar-refractivity contribution in [2.75, 3.05) is 54.1 Å². The summed E-state index contributed by atoms with van der Waals surface area (Å²) in [4.78, 5) is 25.0. The van der Waals surface area contributed by atoms with Gasteiger partial charge in [0.1, 0.15) is 19.3 Å². The summed E-state index contributed by atoms with van der Waals surface area (Å²) in [5, 5.41) is 0. The number of allylic oxidation sites excluding steroid dienone is 2. The molecule has 0 aliphatic carbocycles. The van der Waals surface area contributed by atoms with Crippen molar-refractivity contribution in [2.24, 2.45) is 0 Å². The molecule has 0 aromatic heterocycles. The van der Waals surface area contributed by atoms with Crippen LogP contribution in [0.4, 0.5) is 0 Å². The zero-order valence-corrected chi connectivity index (χ0v) is 34.5. The number of esters is 1. The zero-order chi connectivity index (χ0) is 37.0. The van der Waals surface area contributed by atoms with E-state index in [4.69, 9.17) is 18.5 Å². The minimum absolute atomic E-state index is 0.0282. The number of unbranched alkanes of at least 4 members (excludes halogenated alkanes) is 23. The third-order valence-electron chi connectivity index (χ3n) is 9.07. The van der Waals surface area contributed by atoms with Gasteiger partial charge in [0.05, 0.1) is 34.4 Å². The Morgan fingerprint density at radius 1 is 0.600 bits per heavy atom. The van der Waals surface area contributed by atoms with Gasteiger partial charge >= 0.3 is 5.97 Å². The SMILES string of the molecule is CCCCCCCC/C=C\CCCCCCCCCC(=O)OC(COCCCCCCCCCCCCC)COP(=O)([O-])OCC[N+](C)(C)C. The molecule has 0 aliphatic heterocycles. The number of likely N-dealkylation sites (N-methyl/N-ethyl adjacent to an activating group) is 1. The number of carbonyl (C=O) groups is 1. The molecule has 0 saturated carbocycles. The average Bonchev–Trinajstić information content (AvgIpc) is 3.06. The number of hydrogen-bond acceptors (Lipinski definition) is 7. The predicted octanol–water partition coefficient (Wildman–Crippen LogP) is 11.3. The van der Waals surface area contributed by atoms with Gasteiger partial charge in [-0.2, -0.15) is 0 Å². The fraction of sp³-hybridized carbons (Fsp3) is 0.927. The lowest BCUT2D eigenvalue weighted by Gasteiger charge is -2.28. The monoisotopic (exact) mass is 732 g/mol. The second-order valence-electron chi connectivity index (χ2n) is 15.4. The lowest BCUT2D eigenvalue weighted by molar-refractivity contribution is -0.870. The van der Waals surface area contributed by atoms with Crippen molar-refractivity contribution in [3.05, 3.63) is 12.2 Å². The summed E-state index contributed by atoms with van der Waals surface area (Å²) in [6.45, 7) is 5.42. The van der Waals surface area contributed by atoms with Crippen molar-refractivity contribution < 1.29 is 37.3 Å². The van der Waals surface area contributed by atoms with E-state index in [-0.39, 0.29) is 25.8 Å². The van der Waals surface area contributed by atoms with Crippen molar-refractivity contribution in [2.45, 2.75) is 193 Å². The van der Waals surface area contributed by atoms with Crippen LogP contribution in [0.25, 0.3) is 0 Å². The molecule has 0 N–H and O–H groups in total. The van der Waals surface area contributed by atoms with E-state index in [2.05, 4.69) is 26.0 Å². The standard InChI is InChI=1S/C41H82NO7P/c1-6-8-10-12-14-16-18-19-20-21-22-23-24-26-28-30-32-34-41(43)49-40(39-48-50(44,45)47-37-35-42(3,4)5)38-46-36-33-31-29-27-25-17-15-13-11-9-7-2/h19-20,40H,6-18,21-39H2,1-5H3/b20-19-. The van der Waals surface area contributed by atoms with E-state index in [0.717, 1.165) is 32.1 Å². The van der Waals surface area contributed by atoms with Crippen LogP contribution in [0.3, 0.4) is 0 Å². The number of nitrogens with zero attached hydrogens (tertiary/aromatic N) is 1. The average molecular weight is 732 g/mol. The van der Waals surface area contributed by atoms with Crippen molar-refractivity contribution in [3.63, 3.8) is 0 Å². The minimum Gasteiger partial charge on any atom is -0.756 e. The van der Waals surface area contributed by atoms with Gasteiger partial charge in [-0.3, -0.25) is 9.36 Å². The highest BCUT2D eigenvalue weighted by Gasteiger charge is 2.20. The first-order valence-corrected chi connectivity index (χ1v) is 22.4. The quantitative estimate of drug-likeness (QED) is 0.0204. The lowest BCUT2D eigenvalue weighted by Crippen LogP contribution is -2.37. The van der Waals surface area contributed by atoms with E-state index in [1.165, 1.54) is 135 Å². The Labute approximate surface area is 310 Å². The number of phosphoric ester groups is 1. The molecule has 298 valence electrons. The summed E-state index contributed by atoms with van der Waals surface area (Å²) in [7, 11) is 1.36. The molecule has 0 aliphatic rings. The van der Waals surface area contributed by atoms with Crippen LogP contribution in [0.5, 0.6) is 0 Å². The molecule has 0 spiro atoms. The molecule has 0 saturated heterocycles. The Bertz CT molecular complexity index is 817. The highest BCUT2D eigenvalue weighted by molar-refractivity contribution is 7.45. The molecule has 50 heavy (non-hydrogen) atoms. The van der Waals surface area contributed by atoms with E-state index in [1.54, 1.807) is 0 Å². The van der Waals surface area contributed by atoms with Crippen LogP contribution >= 0.6 is 7.82 Å². The van der Waals surface area contributed by atoms with Crippen LogP contribution in [0.15, 0.2) is 12.2 Å². The van der Waals surface area contributed by atoms with Crippen LogP contribution in [-0.2, 0) is 27.9 Å². The Hall–Kier alpha value is -0.760. The number of phosphoric acid groups is 1. The van der Waals surface area contributed by atoms with Gasteiger partial charge in [0.15, 0.2) is 0 Å². The van der Waals surface area contributed by atoms with E-state index in [9.17, 15) is 14.3 Å². The Kier molecular flexibility index (Phi) is 34.7. The third kappa shape index (κ3) is 38.5. The molecule has 0 heterocycles. The van der Waals surface area contributed by atoms with Crippen molar-refractivity contribution in [3.8, 4) is 0 Å². The summed E-state index contributed by atoms with van der Waals surface area (Å²) < 4.78 is 34.5. The number of ether oxygens (including phenoxy) is 2. The predicted molar refractivity (Wildman–Crippen MR) is 208 cm³/mol. The molecular weight excluding hydrogens is 649 g/mol. The van der Waals surface area contributed by atoms with Gasteiger partial charge in [0, 0.05) is 13.0 Å². The molecule has 9 heteroatoms. The molecular formula is C41H82NO7P. The first-order valence-electron chi connectivity index (χ1n) is 20.9. The highest BCUT2D eigenvalue weighted by Crippen LogP contribution is 2.38. The normalized spacial score (nSPS) is 14.0. The van der Waals surface area contributed by atoms with Gasteiger partial charge in [0.2, 0.25) is 0 Å². The fourth-order valence-corrected chi connectivity index (χ4v) is 6.50. The second-order valence-corrected chi connectivity index (χ2v) is 16.8. The van der Waals surface area contributed by atoms with E-state index in [0.29, 0.717) is 24.1 Å². The lowest BCUT2D eigenvalue weighted by atomic mass is 10.1. The Morgan fingerprint density at radius 2 is 1.04 bits per heavy atom. The highest BCUT2D eigenvalue weighted by atomic mass is 31.2. The van der Waals surface area contributed by atoms with Crippen LogP contribution in [0.2, 0.25) is 0 Å². The van der Waals surface area contributed by atoms with E-state index >= 15 is 0 Å². The number of carbonyl (C=O) groups excluding carboxylic acids is 1. The van der Waals surface area contributed by atoms with Crippen LogP contribution in [0, 0.1) is 0 Å². The molecule has 0 fully saturated rings. The van der Waals surface area contributed by atoms with Crippen LogP contribution in [0.1, 0.15) is 187 Å². The smallest absolute Gasteiger partial charge is 0.306 e. The summed E-state index contributed by atoms with van der Waals surface area (Å²) >= 11 is 0. The Balaban J connectivity index is 4.22. The summed E-state index contributed by atoms with van der Waals surface area (Å²) in [6.07, 6.45) is 36.4. The summed E-state index contributed by atoms with van der Waals surface area (Å²) in [5.41, 5.74) is 0. The molecule has 8 nitrogen and oxygen atoms in total. The number of rotatable bonds is 39. The largest absolute Gasteiger partial charge is 0.756 e. The van der Waals surface area contributed by atoms with E-state index < -0.39 is 13.9 Å². The molecule has 2 atom stereocenters. The molecule has 0 aromatic rings. The molecule has 0 bridgehead atoms. The first kappa shape index (κ1) is 49.2.